The first kappa shape index (κ1) is 10.8. The third-order valence-corrected chi connectivity index (χ3v) is 3.96. The summed E-state index contributed by atoms with van der Waals surface area (Å²) >= 11 is 0. The first-order chi connectivity index (χ1) is 8.18. The lowest BCUT2D eigenvalue weighted by Crippen LogP contribution is -2.25. The largest absolute Gasteiger partial charge is 0.476 e. The van der Waals surface area contributed by atoms with Crippen molar-refractivity contribution < 1.29 is 9.90 Å². The molecular weight excluding hydrogens is 218 g/mol. The minimum Gasteiger partial charge on any atom is -0.476 e. The first-order valence-electron chi connectivity index (χ1n) is 6.27. The number of hydrogen-bond acceptors (Lipinski definition) is 3. The molecule has 2 aliphatic rings. The molecule has 17 heavy (non-hydrogen) atoms. The second kappa shape index (κ2) is 3.84. The molecule has 92 valence electrons. The number of aromatic nitrogens is 2. The normalized spacial score (nSPS) is 24.2. The van der Waals surface area contributed by atoms with Crippen LogP contribution in [0.1, 0.15) is 66.1 Å². The molecule has 5 heteroatoms. The van der Waals surface area contributed by atoms with E-state index in [4.69, 9.17) is 5.73 Å². The maximum Gasteiger partial charge on any atom is 0.356 e. The molecule has 1 aromatic rings. The fourth-order valence-electron chi connectivity index (χ4n) is 2.84. The minimum absolute atomic E-state index is 0.170. The Labute approximate surface area is 99.6 Å². The van der Waals surface area contributed by atoms with Crippen LogP contribution >= 0.6 is 0 Å². The van der Waals surface area contributed by atoms with Crippen LogP contribution in [0.5, 0.6) is 0 Å². The molecule has 1 atom stereocenters. The molecular formula is C12H17N3O2. The highest BCUT2D eigenvalue weighted by Gasteiger charge is 2.33. The van der Waals surface area contributed by atoms with E-state index < -0.39 is 5.97 Å². The number of fused-ring (bicyclic) bond motifs is 1. The number of imidazole rings is 1. The summed E-state index contributed by atoms with van der Waals surface area (Å²) in [4.78, 5) is 15.6. The number of hydrogen-bond donors (Lipinski definition) is 2. The predicted molar refractivity (Wildman–Crippen MR) is 61.9 cm³/mol. The maximum atomic E-state index is 11.2. The van der Waals surface area contributed by atoms with E-state index in [2.05, 4.69) is 9.55 Å². The fraction of sp³-hybridized carbons (Fsp3) is 0.667. The average Bonchev–Trinajstić information content (AvgIpc) is 2.57. The Hall–Kier alpha value is -1.36. The number of nitrogens with two attached hydrogens (primary N) is 1. The van der Waals surface area contributed by atoms with Crippen molar-refractivity contribution in [2.24, 2.45) is 5.73 Å². The third-order valence-electron chi connectivity index (χ3n) is 3.96. The van der Waals surface area contributed by atoms with Crippen LogP contribution in [0.15, 0.2) is 0 Å². The zero-order chi connectivity index (χ0) is 12.0. The van der Waals surface area contributed by atoms with Crippen molar-refractivity contribution in [1.29, 1.82) is 0 Å². The molecule has 0 saturated heterocycles. The Kier molecular flexibility index (Phi) is 2.43. The van der Waals surface area contributed by atoms with Gasteiger partial charge in [0.2, 0.25) is 0 Å². The predicted octanol–water partition coefficient (Wildman–Crippen LogP) is 1.64. The molecule has 2 heterocycles. The Bertz CT molecular complexity index is 463. The SMILES string of the molecule is NC1CCCn2c(C3CCC3)nc(C(=O)O)c21. The highest BCUT2D eigenvalue weighted by molar-refractivity contribution is 5.87. The van der Waals surface area contributed by atoms with E-state index in [0.29, 0.717) is 5.92 Å². The van der Waals surface area contributed by atoms with Crippen LogP contribution in [0.2, 0.25) is 0 Å². The summed E-state index contributed by atoms with van der Waals surface area (Å²) in [5.74, 6) is 0.461. The van der Waals surface area contributed by atoms with Gasteiger partial charge in [-0.25, -0.2) is 9.78 Å². The van der Waals surface area contributed by atoms with Gasteiger partial charge in [0.15, 0.2) is 5.69 Å². The smallest absolute Gasteiger partial charge is 0.356 e. The van der Waals surface area contributed by atoms with E-state index in [9.17, 15) is 9.90 Å². The van der Waals surface area contributed by atoms with Gasteiger partial charge in [0.25, 0.3) is 0 Å². The monoisotopic (exact) mass is 235 g/mol. The molecule has 1 fully saturated rings. The van der Waals surface area contributed by atoms with Crippen LogP contribution in [-0.2, 0) is 6.54 Å². The van der Waals surface area contributed by atoms with Crippen molar-refractivity contribution in [3.05, 3.63) is 17.2 Å². The van der Waals surface area contributed by atoms with E-state index in [1.54, 1.807) is 0 Å². The summed E-state index contributed by atoms with van der Waals surface area (Å²) < 4.78 is 2.07. The molecule has 0 spiro atoms. The molecule has 0 amide bonds. The third kappa shape index (κ3) is 1.57. The minimum atomic E-state index is -0.948. The van der Waals surface area contributed by atoms with Gasteiger partial charge in [-0.3, -0.25) is 0 Å². The van der Waals surface area contributed by atoms with Crippen molar-refractivity contribution >= 4 is 5.97 Å². The van der Waals surface area contributed by atoms with E-state index in [-0.39, 0.29) is 11.7 Å². The highest BCUT2D eigenvalue weighted by atomic mass is 16.4. The van der Waals surface area contributed by atoms with Gasteiger partial charge < -0.3 is 15.4 Å². The van der Waals surface area contributed by atoms with E-state index in [1.165, 1.54) is 6.42 Å². The number of carbonyl (C=O) groups is 1. The topological polar surface area (TPSA) is 81.1 Å². The van der Waals surface area contributed by atoms with Gasteiger partial charge in [-0.05, 0) is 25.7 Å². The Morgan fingerprint density at radius 3 is 2.71 bits per heavy atom. The second-order valence-electron chi connectivity index (χ2n) is 5.04. The summed E-state index contributed by atoms with van der Waals surface area (Å²) in [6, 6.07) is -0.170. The second-order valence-corrected chi connectivity index (χ2v) is 5.04. The van der Waals surface area contributed by atoms with E-state index in [0.717, 1.165) is 43.7 Å². The summed E-state index contributed by atoms with van der Waals surface area (Å²) in [7, 11) is 0. The quantitative estimate of drug-likeness (QED) is 0.816. The van der Waals surface area contributed by atoms with E-state index in [1.807, 2.05) is 0 Å². The van der Waals surface area contributed by atoms with Crippen molar-refractivity contribution in [2.45, 2.75) is 50.6 Å². The number of nitrogens with zero attached hydrogens (tertiary/aromatic N) is 2. The lowest BCUT2D eigenvalue weighted by atomic mass is 9.84. The standard InChI is InChI=1S/C12H17N3O2/c13-8-5-2-6-15-10(8)9(12(16)17)14-11(15)7-3-1-4-7/h7-8H,1-6,13H2,(H,16,17). The lowest BCUT2D eigenvalue weighted by Gasteiger charge is -2.28. The van der Waals surface area contributed by atoms with Gasteiger partial charge in [0, 0.05) is 18.5 Å². The van der Waals surface area contributed by atoms with Gasteiger partial charge in [-0.2, -0.15) is 0 Å². The van der Waals surface area contributed by atoms with Crippen LogP contribution in [0.4, 0.5) is 0 Å². The molecule has 0 bridgehead atoms. The van der Waals surface area contributed by atoms with Crippen LogP contribution in [-0.4, -0.2) is 20.6 Å². The maximum absolute atomic E-state index is 11.2. The molecule has 0 radical (unpaired) electrons. The molecule has 0 aromatic carbocycles. The summed E-state index contributed by atoms with van der Waals surface area (Å²) in [6.45, 7) is 0.870. The highest BCUT2D eigenvalue weighted by Crippen LogP contribution is 2.39. The zero-order valence-electron chi connectivity index (χ0n) is 9.72. The Morgan fingerprint density at radius 2 is 2.12 bits per heavy atom. The van der Waals surface area contributed by atoms with Crippen molar-refractivity contribution in [3.63, 3.8) is 0 Å². The Morgan fingerprint density at radius 1 is 1.35 bits per heavy atom. The molecule has 1 aromatic heterocycles. The fourth-order valence-corrected chi connectivity index (χ4v) is 2.84. The van der Waals surface area contributed by atoms with Crippen LogP contribution in [0.25, 0.3) is 0 Å². The van der Waals surface area contributed by atoms with Gasteiger partial charge in [0.05, 0.1) is 5.69 Å². The number of carboxylic acids is 1. The van der Waals surface area contributed by atoms with Crippen molar-refractivity contribution in [3.8, 4) is 0 Å². The number of rotatable bonds is 2. The number of aromatic carboxylic acids is 1. The molecule has 1 unspecified atom stereocenters. The van der Waals surface area contributed by atoms with E-state index >= 15 is 0 Å². The van der Waals surface area contributed by atoms with Gasteiger partial charge in [-0.15, -0.1) is 0 Å². The molecule has 1 aliphatic heterocycles. The molecule has 3 rings (SSSR count). The van der Waals surface area contributed by atoms with Crippen molar-refractivity contribution in [1.82, 2.24) is 9.55 Å². The van der Waals surface area contributed by atoms with Crippen LogP contribution in [0.3, 0.4) is 0 Å². The van der Waals surface area contributed by atoms with Crippen LogP contribution < -0.4 is 5.73 Å². The summed E-state index contributed by atoms with van der Waals surface area (Å²) in [6.07, 6.45) is 5.36. The van der Waals surface area contributed by atoms with Gasteiger partial charge in [-0.1, -0.05) is 6.42 Å². The van der Waals surface area contributed by atoms with Gasteiger partial charge in [0.1, 0.15) is 5.82 Å². The average molecular weight is 235 g/mol. The van der Waals surface area contributed by atoms with Crippen LogP contribution in [0, 0.1) is 0 Å². The summed E-state index contributed by atoms with van der Waals surface area (Å²) in [5, 5.41) is 9.21. The molecule has 3 N–H and O–H groups in total. The lowest BCUT2D eigenvalue weighted by molar-refractivity contribution is 0.0688. The van der Waals surface area contributed by atoms with Gasteiger partial charge >= 0.3 is 5.97 Å². The van der Waals surface area contributed by atoms with Crippen molar-refractivity contribution in [2.75, 3.05) is 0 Å². The zero-order valence-corrected chi connectivity index (χ0v) is 9.72. The molecule has 5 nitrogen and oxygen atoms in total. The molecule has 1 aliphatic carbocycles. The first-order valence-corrected chi connectivity index (χ1v) is 6.27. The molecule has 1 saturated carbocycles. The summed E-state index contributed by atoms with van der Waals surface area (Å²) in [5.41, 5.74) is 6.95. The number of carboxylic acid groups (broad SMARTS) is 1. The Balaban J connectivity index is 2.11.